The van der Waals surface area contributed by atoms with Gasteiger partial charge in [-0.05, 0) is 11.6 Å². The van der Waals surface area contributed by atoms with E-state index < -0.39 is 0 Å². The van der Waals surface area contributed by atoms with Crippen LogP contribution in [0.4, 0.5) is 0 Å². The third-order valence-electron chi connectivity index (χ3n) is 1.74. The van der Waals surface area contributed by atoms with E-state index in [0.717, 1.165) is 16.9 Å². The maximum absolute atomic E-state index is 5.16. The summed E-state index contributed by atoms with van der Waals surface area (Å²) in [5.41, 5.74) is 2.04. The van der Waals surface area contributed by atoms with E-state index in [9.17, 15) is 0 Å². The summed E-state index contributed by atoms with van der Waals surface area (Å²) in [7, 11) is 1.65. The van der Waals surface area contributed by atoms with Crippen molar-refractivity contribution < 1.29 is 4.74 Å². The Hall–Kier alpha value is -1.50. The molecule has 0 bridgehead atoms. The Bertz CT molecular complexity index is 300. The summed E-state index contributed by atoms with van der Waals surface area (Å²) in [6, 6.07) is 5.82. The van der Waals surface area contributed by atoms with Crippen LogP contribution in [0, 0.1) is 0 Å². The van der Waals surface area contributed by atoms with Gasteiger partial charge in [-0.2, -0.15) is 0 Å². The Labute approximate surface area is 86.7 Å². The normalized spacial score (nSPS) is 8.21. The molecule has 1 nitrogen and oxygen atoms in total. The SMILES string of the molecule is C=Cc1cccc(OC)c1C=C.CC. The molecule has 0 unspecified atom stereocenters. The molecule has 0 atom stereocenters. The van der Waals surface area contributed by atoms with E-state index in [1.165, 1.54) is 0 Å². The molecule has 14 heavy (non-hydrogen) atoms. The minimum absolute atomic E-state index is 0.836. The number of benzene rings is 1. The molecule has 1 heteroatoms. The predicted molar refractivity (Wildman–Crippen MR) is 64.5 cm³/mol. The molecule has 0 aliphatic rings. The summed E-state index contributed by atoms with van der Waals surface area (Å²) in [5.74, 6) is 0.836. The number of methoxy groups -OCH3 is 1. The van der Waals surface area contributed by atoms with Crippen molar-refractivity contribution >= 4 is 12.2 Å². The van der Waals surface area contributed by atoms with Crippen LogP contribution in [0.3, 0.4) is 0 Å². The molecule has 0 aliphatic carbocycles. The maximum Gasteiger partial charge on any atom is 0.126 e. The van der Waals surface area contributed by atoms with Gasteiger partial charge in [0.2, 0.25) is 0 Å². The van der Waals surface area contributed by atoms with Gasteiger partial charge in [-0.25, -0.2) is 0 Å². The monoisotopic (exact) mass is 190 g/mol. The van der Waals surface area contributed by atoms with Crippen LogP contribution in [0.15, 0.2) is 31.4 Å². The molecule has 0 N–H and O–H groups in total. The van der Waals surface area contributed by atoms with Crippen LogP contribution in [0.1, 0.15) is 25.0 Å². The van der Waals surface area contributed by atoms with Crippen molar-refractivity contribution in [3.63, 3.8) is 0 Å². The number of hydrogen-bond donors (Lipinski definition) is 0. The molecule has 0 aliphatic heterocycles. The Morgan fingerprint density at radius 1 is 1.14 bits per heavy atom. The molecule has 1 rings (SSSR count). The summed E-state index contributed by atoms with van der Waals surface area (Å²) >= 11 is 0. The standard InChI is InChI=1S/C11H12O.C2H6/c1-4-9-7-6-8-11(12-3)10(9)5-2;1-2/h4-8H,1-2H2,3H3;1-2H3. The summed E-state index contributed by atoms with van der Waals surface area (Å²) in [5, 5.41) is 0. The van der Waals surface area contributed by atoms with Gasteiger partial charge in [0.15, 0.2) is 0 Å². The number of rotatable bonds is 3. The molecule has 0 aromatic heterocycles. The molecular weight excluding hydrogens is 172 g/mol. The Morgan fingerprint density at radius 3 is 2.21 bits per heavy atom. The average molecular weight is 190 g/mol. The maximum atomic E-state index is 5.16. The lowest BCUT2D eigenvalue weighted by atomic mass is 10.1. The average Bonchev–Trinajstić information content (AvgIpc) is 2.30. The van der Waals surface area contributed by atoms with Crippen LogP contribution >= 0.6 is 0 Å². The Morgan fingerprint density at radius 2 is 1.79 bits per heavy atom. The highest BCUT2D eigenvalue weighted by Crippen LogP contribution is 2.23. The molecule has 0 saturated heterocycles. The fourth-order valence-electron chi connectivity index (χ4n) is 1.14. The highest BCUT2D eigenvalue weighted by atomic mass is 16.5. The highest BCUT2D eigenvalue weighted by molar-refractivity contribution is 5.68. The van der Waals surface area contributed by atoms with Gasteiger partial charge in [0.05, 0.1) is 7.11 Å². The zero-order chi connectivity index (χ0) is 11.0. The topological polar surface area (TPSA) is 9.23 Å². The van der Waals surface area contributed by atoms with E-state index in [1.54, 1.807) is 19.3 Å². The van der Waals surface area contributed by atoms with E-state index in [-0.39, 0.29) is 0 Å². The van der Waals surface area contributed by atoms with E-state index in [4.69, 9.17) is 4.74 Å². The molecule has 0 spiro atoms. The lowest BCUT2D eigenvalue weighted by Gasteiger charge is -2.06. The Balaban J connectivity index is 0.000000791. The van der Waals surface area contributed by atoms with Gasteiger partial charge in [0.1, 0.15) is 5.75 Å². The fourth-order valence-corrected chi connectivity index (χ4v) is 1.14. The van der Waals surface area contributed by atoms with Crippen LogP contribution in [0.25, 0.3) is 12.2 Å². The first-order chi connectivity index (χ1) is 6.83. The van der Waals surface area contributed by atoms with Crippen molar-refractivity contribution in [3.8, 4) is 5.75 Å². The third kappa shape index (κ3) is 2.77. The zero-order valence-electron chi connectivity index (χ0n) is 9.21. The highest BCUT2D eigenvalue weighted by Gasteiger charge is 2.01. The van der Waals surface area contributed by atoms with Gasteiger partial charge < -0.3 is 4.74 Å². The predicted octanol–water partition coefficient (Wildman–Crippen LogP) is 4.01. The molecule has 76 valence electrons. The van der Waals surface area contributed by atoms with Gasteiger partial charge in [-0.1, -0.05) is 51.3 Å². The molecule has 0 heterocycles. The van der Waals surface area contributed by atoms with Crippen LogP contribution in [-0.4, -0.2) is 7.11 Å². The molecule has 0 fully saturated rings. The zero-order valence-corrected chi connectivity index (χ0v) is 9.21. The Kier molecular flexibility index (Phi) is 6.21. The minimum atomic E-state index is 0.836. The van der Waals surface area contributed by atoms with E-state index in [1.807, 2.05) is 32.0 Å². The molecular formula is C13H18O. The molecule has 1 aromatic carbocycles. The van der Waals surface area contributed by atoms with Gasteiger partial charge in [0, 0.05) is 5.56 Å². The van der Waals surface area contributed by atoms with Crippen molar-refractivity contribution in [1.82, 2.24) is 0 Å². The van der Waals surface area contributed by atoms with Crippen molar-refractivity contribution in [2.45, 2.75) is 13.8 Å². The van der Waals surface area contributed by atoms with Crippen molar-refractivity contribution in [3.05, 3.63) is 42.5 Å². The largest absolute Gasteiger partial charge is 0.496 e. The second-order valence-corrected chi connectivity index (χ2v) is 2.37. The fraction of sp³-hybridized carbons (Fsp3) is 0.231. The first kappa shape index (κ1) is 12.5. The third-order valence-corrected chi connectivity index (χ3v) is 1.74. The summed E-state index contributed by atoms with van der Waals surface area (Å²) in [4.78, 5) is 0. The second-order valence-electron chi connectivity index (χ2n) is 2.37. The van der Waals surface area contributed by atoms with Crippen molar-refractivity contribution in [1.29, 1.82) is 0 Å². The molecule has 0 amide bonds. The molecule has 0 radical (unpaired) electrons. The first-order valence-corrected chi connectivity index (χ1v) is 4.75. The number of hydrogen-bond acceptors (Lipinski definition) is 1. The molecule has 0 saturated carbocycles. The van der Waals surface area contributed by atoms with Crippen molar-refractivity contribution in [2.24, 2.45) is 0 Å². The van der Waals surface area contributed by atoms with Crippen LogP contribution < -0.4 is 4.74 Å². The summed E-state index contributed by atoms with van der Waals surface area (Å²) in [6.45, 7) is 11.4. The van der Waals surface area contributed by atoms with Gasteiger partial charge in [-0.3, -0.25) is 0 Å². The molecule has 1 aromatic rings. The van der Waals surface area contributed by atoms with Crippen LogP contribution in [0.5, 0.6) is 5.75 Å². The first-order valence-electron chi connectivity index (χ1n) is 4.75. The van der Waals surface area contributed by atoms with Gasteiger partial charge in [0.25, 0.3) is 0 Å². The smallest absolute Gasteiger partial charge is 0.126 e. The van der Waals surface area contributed by atoms with E-state index >= 15 is 0 Å². The van der Waals surface area contributed by atoms with Crippen LogP contribution in [0.2, 0.25) is 0 Å². The summed E-state index contributed by atoms with van der Waals surface area (Å²) in [6.07, 6.45) is 3.56. The van der Waals surface area contributed by atoms with E-state index in [2.05, 4.69) is 13.2 Å². The lowest BCUT2D eigenvalue weighted by molar-refractivity contribution is 0.414. The van der Waals surface area contributed by atoms with Crippen molar-refractivity contribution in [2.75, 3.05) is 7.11 Å². The number of ether oxygens (including phenoxy) is 1. The van der Waals surface area contributed by atoms with Gasteiger partial charge >= 0.3 is 0 Å². The van der Waals surface area contributed by atoms with Crippen LogP contribution in [-0.2, 0) is 0 Å². The van der Waals surface area contributed by atoms with Gasteiger partial charge in [-0.15, -0.1) is 0 Å². The quantitative estimate of drug-likeness (QED) is 0.699. The van der Waals surface area contributed by atoms with E-state index in [0.29, 0.717) is 0 Å². The minimum Gasteiger partial charge on any atom is -0.496 e. The lowest BCUT2D eigenvalue weighted by Crippen LogP contribution is -1.88. The summed E-state index contributed by atoms with van der Waals surface area (Å²) < 4.78 is 5.16. The second kappa shape index (κ2) is 6.96.